The topological polar surface area (TPSA) is 58.8 Å². The van der Waals surface area contributed by atoms with Crippen LogP contribution in [0.25, 0.3) is 0 Å². The highest BCUT2D eigenvalue weighted by atomic mass is 127. The van der Waals surface area contributed by atoms with Gasteiger partial charge in [0.2, 0.25) is 0 Å². The highest BCUT2D eigenvalue weighted by Crippen LogP contribution is 2.14. The molecular formula is C17H24IN3O2. The van der Waals surface area contributed by atoms with Crippen LogP contribution in [0.3, 0.4) is 0 Å². The number of methoxy groups -OCH3 is 1. The molecule has 0 bridgehead atoms. The molecule has 1 unspecified atom stereocenters. The van der Waals surface area contributed by atoms with Gasteiger partial charge in [0.25, 0.3) is 0 Å². The monoisotopic (exact) mass is 429 g/mol. The van der Waals surface area contributed by atoms with Gasteiger partial charge in [-0.15, -0.1) is 24.0 Å². The van der Waals surface area contributed by atoms with Crippen LogP contribution in [0.2, 0.25) is 0 Å². The lowest BCUT2D eigenvalue weighted by atomic mass is 10.1. The van der Waals surface area contributed by atoms with Gasteiger partial charge in [0, 0.05) is 33.7 Å². The van der Waals surface area contributed by atoms with E-state index in [9.17, 15) is 0 Å². The summed E-state index contributed by atoms with van der Waals surface area (Å²) in [5.74, 6) is 1.71. The third-order valence-corrected chi connectivity index (χ3v) is 3.38. The predicted octanol–water partition coefficient (Wildman–Crippen LogP) is 2.99. The molecule has 2 rings (SSSR count). The second-order valence-electron chi connectivity index (χ2n) is 4.84. The van der Waals surface area contributed by atoms with Crippen molar-refractivity contribution in [1.82, 2.24) is 10.6 Å². The van der Waals surface area contributed by atoms with E-state index in [0.29, 0.717) is 6.54 Å². The first kappa shape index (κ1) is 19.5. The van der Waals surface area contributed by atoms with Crippen molar-refractivity contribution in [2.75, 3.05) is 27.2 Å². The fourth-order valence-corrected chi connectivity index (χ4v) is 2.17. The maximum atomic E-state index is 5.53. The molecule has 0 aliphatic rings. The molecule has 0 aliphatic carbocycles. The van der Waals surface area contributed by atoms with Crippen molar-refractivity contribution in [3.8, 4) is 0 Å². The van der Waals surface area contributed by atoms with Crippen LogP contribution < -0.4 is 10.6 Å². The Morgan fingerprint density at radius 2 is 1.96 bits per heavy atom. The summed E-state index contributed by atoms with van der Waals surface area (Å²) in [5.41, 5.74) is 1.14. The summed E-state index contributed by atoms with van der Waals surface area (Å²) in [6.45, 7) is 1.41. The van der Waals surface area contributed by atoms with Gasteiger partial charge in [-0.3, -0.25) is 4.99 Å². The van der Waals surface area contributed by atoms with Crippen molar-refractivity contribution in [2.45, 2.75) is 12.5 Å². The number of aliphatic imine (C=N–C) groups is 1. The maximum Gasteiger partial charge on any atom is 0.191 e. The molecule has 0 spiro atoms. The Kier molecular flexibility index (Phi) is 9.39. The van der Waals surface area contributed by atoms with E-state index in [4.69, 9.17) is 9.15 Å². The lowest BCUT2D eigenvalue weighted by Gasteiger charge is -2.18. The molecule has 0 amide bonds. The normalized spacial score (nSPS) is 12.3. The molecule has 2 N–H and O–H groups in total. The number of hydrogen-bond donors (Lipinski definition) is 2. The number of benzene rings is 1. The lowest BCUT2D eigenvalue weighted by molar-refractivity contribution is 0.106. The Labute approximate surface area is 154 Å². The minimum absolute atomic E-state index is 0. The van der Waals surface area contributed by atoms with E-state index < -0.39 is 0 Å². The van der Waals surface area contributed by atoms with Crippen LogP contribution in [0.15, 0.2) is 58.1 Å². The van der Waals surface area contributed by atoms with Gasteiger partial charge in [0.1, 0.15) is 5.76 Å². The van der Waals surface area contributed by atoms with E-state index in [0.717, 1.165) is 30.2 Å². The van der Waals surface area contributed by atoms with Crippen molar-refractivity contribution in [3.05, 3.63) is 60.1 Å². The van der Waals surface area contributed by atoms with Gasteiger partial charge in [0.15, 0.2) is 5.96 Å². The average molecular weight is 429 g/mol. The summed E-state index contributed by atoms with van der Waals surface area (Å²) in [6, 6.07) is 14.0. The maximum absolute atomic E-state index is 5.53. The smallest absolute Gasteiger partial charge is 0.191 e. The van der Waals surface area contributed by atoms with Crippen molar-refractivity contribution in [3.63, 3.8) is 0 Å². The van der Waals surface area contributed by atoms with Crippen LogP contribution in [-0.2, 0) is 11.2 Å². The number of furan rings is 1. The Morgan fingerprint density at radius 3 is 2.57 bits per heavy atom. The van der Waals surface area contributed by atoms with Crippen molar-refractivity contribution in [2.24, 2.45) is 4.99 Å². The first-order valence-electron chi connectivity index (χ1n) is 7.38. The minimum atomic E-state index is -0.00942. The number of nitrogens with zero attached hydrogens (tertiary/aromatic N) is 1. The number of ether oxygens (including phenoxy) is 1. The molecule has 1 heterocycles. The molecule has 0 radical (unpaired) electrons. The molecule has 2 aromatic rings. The number of hydrogen-bond acceptors (Lipinski definition) is 3. The molecule has 0 fully saturated rings. The standard InChI is InChI=1S/C17H23N3O2.HI/c1-18-17(19-11-10-15-9-6-12-22-15)20-13-16(21-2)14-7-4-3-5-8-14;/h3-9,12,16H,10-11,13H2,1-2H3,(H2,18,19,20);1H. The average Bonchev–Trinajstić information content (AvgIpc) is 3.08. The minimum Gasteiger partial charge on any atom is -0.469 e. The zero-order chi connectivity index (χ0) is 15.6. The zero-order valence-corrected chi connectivity index (χ0v) is 15.8. The van der Waals surface area contributed by atoms with E-state index >= 15 is 0 Å². The van der Waals surface area contributed by atoms with Gasteiger partial charge in [-0.05, 0) is 17.7 Å². The highest BCUT2D eigenvalue weighted by Gasteiger charge is 2.10. The van der Waals surface area contributed by atoms with Gasteiger partial charge in [-0.25, -0.2) is 0 Å². The number of halogens is 1. The molecule has 0 saturated heterocycles. The summed E-state index contributed by atoms with van der Waals surface area (Å²) in [7, 11) is 3.47. The van der Waals surface area contributed by atoms with Crippen LogP contribution >= 0.6 is 24.0 Å². The molecule has 5 nitrogen and oxygen atoms in total. The third-order valence-electron chi connectivity index (χ3n) is 3.38. The van der Waals surface area contributed by atoms with E-state index in [2.05, 4.69) is 27.8 Å². The summed E-state index contributed by atoms with van der Waals surface area (Å²) in [5, 5.41) is 6.54. The fourth-order valence-electron chi connectivity index (χ4n) is 2.17. The number of rotatable bonds is 7. The van der Waals surface area contributed by atoms with E-state index in [1.807, 2.05) is 30.3 Å². The second kappa shape index (κ2) is 11.1. The fraction of sp³-hybridized carbons (Fsp3) is 0.353. The van der Waals surface area contributed by atoms with Gasteiger partial charge < -0.3 is 19.8 Å². The quantitative estimate of drug-likeness (QED) is 0.404. The van der Waals surface area contributed by atoms with E-state index in [-0.39, 0.29) is 30.1 Å². The van der Waals surface area contributed by atoms with Crippen LogP contribution in [0.1, 0.15) is 17.4 Å². The summed E-state index contributed by atoms with van der Waals surface area (Å²) in [6.07, 6.45) is 2.50. The van der Waals surface area contributed by atoms with E-state index in [1.54, 1.807) is 20.4 Å². The van der Waals surface area contributed by atoms with Gasteiger partial charge in [-0.2, -0.15) is 0 Å². The molecular weight excluding hydrogens is 405 g/mol. The van der Waals surface area contributed by atoms with Crippen LogP contribution in [0, 0.1) is 0 Å². The first-order valence-corrected chi connectivity index (χ1v) is 7.38. The Morgan fingerprint density at radius 1 is 1.17 bits per heavy atom. The summed E-state index contributed by atoms with van der Waals surface area (Å²) < 4.78 is 10.8. The van der Waals surface area contributed by atoms with E-state index in [1.165, 1.54) is 0 Å². The molecule has 23 heavy (non-hydrogen) atoms. The summed E-state index contributed by atoms with van der Waals surface area (Å²) >= 11 is 0. The van der Waals surface area contributed by atoms with Crippen LogP contribution in [0.4, 0.5) is 0 Å². The summed E-state index contributed by atoms with van der Waals surface area (Å²) in [4.78, 5) is 4.22. The van der Waals surface area contributed by atoms with Crippen LogP contribution in [-0.4, -0.2) is 33.2 Å². The van der Waals surface area contributed by atoms with Gasteiger partial charge >= 0.3 is 0 Å². The molecule has 1 aromatic carbocycles. The predicted molar refractivity (Wildman–Crippen MR) is 103 cm³/mol. The third kappa shape index (κ3) is 6.62. The molecule has 1 atom stereocenters. The molecule has 0 aliphatic heterocycles. The number of guanidine groups is 1. The second-order valence-corrected chi connectivity index (χ2v) is 4.84. The SMILES string of the molecule is CN=C(NCCc1ccco1)NCC(OC)c1ccccc1.I. The molecule has 0 saturated carbocycles. The van der Waals surface area contributed by atoms with Gasteiger partial charge in [-0.1, -0.05) is 30.3 Å². The first-order chi connectivity index (χ1) is 10.8. The van der Waals surface area contributed by atoms with Crippen LogP contribution in [0.5, 0.6) is 0 Å². The van der Waals surface area contributed by atoms with Crippen molar-refractivity contribution >= 4 is 29.9 Å². The highest BCUT2D eigenvalue weighted by molar-refractivity contribution is 14.0. The zero-order valence-electron chi connectivity index (χ0n) is 13.5. The molecule has 1 aromatic heterocycles. The Bertz CT molecular complexity index is 558. The molecule has 6 heteroatoms. The van der Waals surface area contributed by atoms with Gasteiger partial charge in [0.05, 0.1) is 12.4 Å². The number of nitrogens with one attached hydrogen (secondary N) is 2. The van der Waals surface area contributed by atoms with Crippen molar-refractivity contribution < 1.29 is 9.15 Å². The largest absolute Gasteiger partial charge is 0.469 e. The Balaban J connectivity index is 0.00000264. The Hall–Kier alpha value is -1.54. The molecule has 126 valence electrons. The lowest BCUT2D eigenvalue weighted by Crippen LogP contribution is -2.40. The van der Waals surface area contributed by atoms with Crippen molar-refractivity contribution in [1.29, 1.82) is 0 Å².